The van der Waals surface area contributed by atoms with Crippen LogP contribution in [0.5, 0.6) is 0 Å². The van der Waals surface area contributed by atoms with Crippen molar-refractivity contribution in [1.29, 1.82) is 0 Å². The van der Waals surface area contributed by atoms with Crippen molar-refractivity contribution < 1.29 is 19.4 Å². The van der Waals surface area contributed by atoms with E-state index in [1.165, 1.54) is 0 Å². The van der Waals surface area contributed by atoms with Gasteiger partial charge in [0.25, 0.3) is 0 Å². The van der Waals surface area contributed by atoms with Crippen LogP contribution < -0.4 is 0 Å². The van der Waals surface area contributed by atoms with E-state index < -0.39 is 0 Å². The molecule has 18 heavy (non-hydrogen) atoms. The molecule has 0 unspecified atom stereocenters. The van der Waals surface area contributed by atoms with E-state index in [2.05, 4.69) is 6.08 Å². The molecule has 0 amide bonds. The first-order valence-corrected chi connectivity index (χ1v) is 6.38. The monoisotopic (exact) mass is 250 g/mol. The average molecular weight is 250 g/mol. The van der Waals surface area contributed by atoms with E-state index in [4.69, 9.17) is 4.74 Å². The molecule has 1 N–H and O–H groups in total. The summed E-state index contributed by atoms with van der Waals surface area (Å²) in [5.41, 5.74) is 1.07. The number of rotatable bonds is 2. The summed E-state index contributed by atoms with van der Waals surface area (Å²) >= 11 is 0. The van der Waals surface area contributed by atoms with Crippen LogP contribution >= 0.6 is 0 Å². The highest BCUT2D eigenvalue weighted by Gasteiger charge is 2.34. The maximum Gasteiger partial charge on any atom is 0.170 e. The van der Waals surface area contributed by atoms with Gasteiger partial charge in [0.05, 0.1) is 18.8 Å². The zero-order chi connectivity index (χ0) is 13.1. The molecule has 0 atom stereocenters. The van der Waals surface area contributed by atoms with Crippen LogP contribution in [-0.4, -0.2) is 29.9 Å². The fraction of sp³-hybridized carbons (Fsp3) is 0.571. The SMILES string of the molecule is CCC(O)=C1C(=O)CC(C2=CCCOC2)CC1=O. The van der Waals surface area contributed by atoms with Crippen molar-refractivity contribution in [2.45, 2.75) is 32.6 Å². The highest BCUT2D eigenvalue weighted by atomic mass is 16.5. The minimum Gasteiger partial charge on any atom is -0.511 e. The van der Waals surface area contributed by atoms with Gasteiger partial charge in [-0.05, 0) is 17.9 Å². The van der Waals surface area contributed by atoms with E-state index in [9.17, 15) is 14.7 Å². The number of Topliss-reactive ketones (excluding diaryl/α,β-unsaturated/α-hetero) is 2. The molecule has 0 spiro atoms. The van der Waals surface area contributed by atoms with Crippen LogP contribution in [0.4, 0.5) is 0 Å². The van der Waals surface area contributed by atoms with Crippen LogP contribution in [0.25, 0.3) is 0 Å². The normalized spacial score (nSPS) is 25.1. The Kier molecular flexibility index (Phi) is 3.97. The maximum atomic E-state index is 12.0. The number of aliphatic hydroxyl groups is 1. The number of aliphatic hydroxyl groups excluding tert-OH is 1. The summed E-state index contributed by atoms with van der Waals surface area (Å²) < 4.78 is 5.35. The Labute approximate surface area is 106 Å². The Morgan fingerprint density at radius 2 is 2.06 bits per heavy atom. The Bertz CT molecular complexity index is 411. The van der Waals surface area contributed by atoms with Crippen molar-refractivity contribution in [2.75, 3.05) is 13.2 Å². The van der Waals surface area contributed by atoms with Crippen LogP contribution in [0, 0.1) is 5.92 Å². The van der Waals surface area contributed by atoms with E-state index in [0.29, 0.717) is 32.5 Å². The lowest BCUT2D eigenvalue weighted by Gasteiger charge is -2.26. The Hall–Kier alpha value is -1.42. The topological polar surface area (TPSA) is 63.6 Å². The number of hydrogen-bond acceptors (Lipinski definition) is 4. The first-order chi connectivity index (χ1) is 8.63. The zero-order valence-corrected chi connectivity index (χ0v) is 10.6. The minimum atomic E-state index is -0.234. The summed E-state index contributed by atoms with van der Waals surface area (Å²) in [6.07, 6.45) is 3.85. The fourth-order valence-electron chi connectivity index (χ4n) is 2.50. The summed E-state index contributed by atoms with van der Waals surface area (Å²) in [7, 11) is 0. The molecule has 0 saturated heterocycles. The van der Waals surface area contributed by atoms with Crippen molar-refractivity contribution in [1.82, 2.24) is 0 Å². The van der Waals surface area contributed by atoms with Gasteiger partial charge >= 0.3 is 0 Å². The second kappa shape index (κ2) is 5.48. The number of hydrogen-bond donors (Lipinski definition) is 1. The standard InChI is InChI=1S/C14H18O4/c1-2-11(15)14-12(16)6-10(7-13(14)17)9-4-3-5-18-8-9/h4,10,15H,2-3,5-8H2,1H3. The molecule has 0 aromatic heterocycles. The molecule has 0 aromatic rings. The predicted molar refractivity (Wildman–Crippen MR) is 66.2 cm³/mol. The van der Waals surface area contributed by atoms with Gasteiger partial charge in [-0.15, -0.1) is 0 Å². The van der Waals surface area contributed by atoms with E-state index in [1.807, 2.05) is 0 Å². The molecule has 4 nitrogen and oxygen atoms in total. The molecule has 2 aliphatic rings. The number of allylic oxidation sites excluding steroid dienone is 2. The molecule has 1 aliphatic heterocycles. The van der Waals surface area contributed by atoms with Gasteiger partial charge in [-0.1, -0.05) is 13.0 Å². The van der Waals surface area contributed by atoms with Crippen molar-refractivity contribution in [3.63, 3.8) is 0 Å². The molecule has 1 fully saturated rings. The largest absolute Gasteiger partial charge is 0.511 e. The van der Waals surface area contributed by atoms with Crippen molar-refractivity contribution >= 4 is 11.6 Å². The first-order valence-electron chi connectivity index (χ1n) is 6.38. The molecule has 1 aliphatic carbocycles. The van der Waals surface area contributed by atoms with E-state index in [0.717, 1.165) is 12.0 Å². The second-order valence-corrected chi connectivity index (χ2v) is 4.75. The minimum absolute atomic E-state index is 0.0195. The van der Waals surface area contributed by atoms with Gasteiger partial charge in [0.1, 0.15) is 5.76 Å². The molecule has 2 rings (SSSR count). The Morgan fingerprint density at radius 1 is 1.39 bits per heavy atom. The van der Waals surface area contributed by atoms with Crippen LogP contribution in [0.15, 0.2) is 23.0 Å². The lowest BCUT2D eigenvalue weighted by atomic mass is 9.78. The van der Waals surface area contributed by atoms with Gasteiger partial charge in [-0.3, -0.25) is 9.59 Å². The highest BCUT2D eigenvalue weighted by molar-refractivity contribution is 6.22. The summed E-state index contributed by atoms with van der Waals surface area (Å²) in [5, 5.41) is 9.62. The van der Waals surface area contributed by atoms with Crippen molar-refractivity contribution in [3.8, 4) is 0 Å². The van der Waals surface area contributed by atoms with Crippen LogP contribution in [0.3, 0.4) is 0 Å². The lowest BCUT2D eigenvalue weighted by molar-refractivity contribution is -0.125. The third-order valence-corrected chi connectivity index (χ3v) is 3.51. The smallest absolute Gasteiger partial charge is 0.170 e. The average Bonchev–Trinajstić information content (AvgIpc) is 2.38. The number of carbonyl (C=O) groups excluding carboxylic acids is 2. The van der Waals surface area contributed by atoms with Gasteiger partial charge in [0.2, 0.25) is 0 Å². The van der Waals surface area contributed by atoms with Crippen molar-refractivity contribution in [3.05, 3.63) is 23.0 Å². The molecule has 0 aromatic carbocycles. The lowest BCUT2D eigenvalue weighted by Crippen LogP contribution is -2.30. The molecule has 98 valence electrons. The van der Waals surface area contributed by atoms with E-state index in [1.54, 1.807) is 6.92 Å². The summed E-state index contributed by atoms with van der Waals surface area (Å²) in [6, 6.07) is 0. The van der Waals surface area contributed by atoms with Crippen LogP contribution in [-0.2, 0) is 14.3 Å². The number of carbonyl (C=O) groups is 2. The zero-order valence-electron chi connectivity index (χ0n) is 10.6. The van der Waals surface area contributed by atoms with Crippen LogP contribution in [0.1, 0.15) is 32.6 Å². The van der Waals surface area contributed by atoms with Gasteiger partial charge in [0, 0.05) is 19.3 Å². The molecule has 1 heterocycles. The third-order valence-electron chi connectivity index (χ3n) is 3.51. The number of ether oxygens (including phenoxy) is 1. The Morgan fingerprint density at radius 3 is 2.56 bits per heavy atom. The molecular formula is C14H18O4. The third kappa shape index (κ3) is 2.53. The number of ketones is 2. The molecule has 4 heteroatoms. The van der Waals surface area contributed by atoms with E-state index >= 15 is 0 Å². The van der Waals surface area contributed by atoms with E-state index in [-0.39, 0.29) is 28.8 Å². The predicted octanol–water partition coefficient (Wildman–Crippen LogP) is 2.10. The molecule has 0 radical (unpaired) electrons. The molecular weight excluding hydrogens is 232 g/mol. The van der Waals surface area contributed by atoms with Gasteiger partial charge < -0.3 is 9.84 Å². The summed E-state index contributed by atoms with van der Waals surface area (Å²) in [6.45, 7) is 2.95. The fourth-order valence-corrected chi connectivity index (χ4v) is 2.50. The van der Waals surface area contributed by atoms with Gasteiger partial charge in [-0.25, -0.2) is 0 Å². The summed E-state index contributed by atoms with van der Waals surface area (Å²) in [5.74, 6) is -0.583. The summed E-state index contributed by atoms with van der Waals surface area (Å²) in [4.78, 5) is 23.9. The quantitative estimate of drug-likeness (QED) is 0.353. The molecule has 0 bridgehead atoms. The maximum absolute atomic E-state index is 12.0. The second-order valence-electron chi connectivity index (χ2n) is 4.75. The van der Waals surface area contributed by atoms with Crippen molar-refractivity contribution in [2.24, 2.45) is 5.92 Å². The first kappa shape index (κ1) is 13.0. The highest BCUT2D eigenvalue weighted by Crippen LogP contribution is 2.31. The Balaban J connectivity index is 2.17. The van der Waals surface area contributed by atoms with Crippen LogP contribution in [0.2, 0.25) is 0 Å². The molecule has 1 saturated carbocycles. The van der Waals surface area contributed by atoms with Gasteiger partial charge in [-0.2, -0.15) is 0 Å². The van der Waals surface area contributed by atoms with Gasteiger partial charge in [0.15, 0.2) is 11.6 Å².